The Hall–Kier alpha value is -3.02. The third kappa shape index (κ3) is 5.47. The number of fused-ring (bicyclic) bond motifs is 2. The molecule has 4 atom stereocenters. The molecule has 218 valence electrons. The molecule has 0 unspecified atom stereocenters. The highest BCUT2D eigenvalue weighted by atomic mass is 127. The number of rotatable bonds is 10. The van der Waals surface area contributed by atoms with Crippen LogP contribution in [0.4, 0.5) is 5.69 Å². The summed E-state index contributed by atoms with van der Waals surface area (Å²) in [7, 11) is 0. The van der Waals surface area contributed by atoms with Crippen LogP contribution >= 0.6 is 23.1 Å². The van der Waals surface area contributed by atoms with Crippen molar-refractivity contribution in [2.75, 3.05) is 6.26 Å². The molecule has 5 rings (SSSR count). The Bertz CT molecular complexity index is 1570. The van der Waals surface area contributed by atoms with Gasteiger partial charge < -0.3 is 44.5 Å². The maximum Gasteiger partial charge on any atom is 0.355 e. The number of nitro groups is 1. The first-order chi connectivity index (χ1) is 19.0. The average Bonchev–Trinajstić information content (AvgIpc) is 3.52. The molecule has 0 aliphatic carbocycles. The van der Waals surface area contributed by atoms with Crippen molar-refractivity contribution in [3.63, 3.8) is 0 Å². The lowest BCUT2D eigenvalue weighted by Gasteiger charge is -2.46. The highest BCUT2D eigenvalue weighted by molar-refractivity contribution is 7.98. The quantitative estimate of drug-likeness (QED) is 0.0521. The molecule has 2 amide bonds. The Kier molecular flexibility index (Phi) is 9.10. The van der Waals surface area contributed by atoms with Crippen LogP contribution in [0.1, 0.15) is 30.7 Å². The van der Waals surface area contributed by atoms with E-state index in [-0.39, 0.29) is 66.3 Å². The van der Waals surface area contributed by atoms with E-state index in [0.29, 0.717) is 17.7 Å². The molecule has 1 fully saturated rings. The summed E-state index contributed by atoms with van der Waals surface area (Å²) in [6.07, 6.45) is 5.03. The van der Waals surface area contributed by atoms with Crippen LogP contribution in [-0.4, -0.2) is 55.5 Å². The highest BCUT2D eigenvalue weighted by Gasteiger charge is 2.60. The first-order valence-corrected chi connectivity index (χ1v) is 14.6. The summed E-state index contributed by atoms with van der Waals surface area (Å²) >= 11 is 2.99. The molecule has 15 heteroatoms. The lowest BCUT2D eigenvalue weighted by atomic mass is 9.77. The molecule has 2 aliphatic heterocycles. The largest absolute Gasteiger partial charge is 1.00 e. The van der Waals surface area contributed by atoms with Crippen molar-refractivity contribution < 1.29 is 57.7 Å². The van der Waals surface area contributed by atoms with Gasteiger partial charge in [0.1, 0.15) is 18.5 Å². The van der Waals surface area contributed by atoms with E-state index in [9.17, 15) is 29.6 Å². The number of carbonyl (C=O) groups excluding carboxylic acids is 3. The molecule has 41 heavy (non-hydrogen) atoms. The molecule has 0 radical (unpaired) electrons. The van der Waals surface area contributed by atoms with Crippen molar-refractivity contribution in [3.8, 4) is 0 Å². The predicted molar refractivity (Wildman–Crippen MR) is 146 cm³/mol. The Labute approximate surface area is 260 Å². The normalized spacial score (nSPS) is 20.4. The standard InChI is InChI=1S/C26H27N5O7S2.HI/c1-13-19(17-10-29-12-28(9-8-18(27)33)24(39-3)25(29)40-17)22(30-21(13)20(14(2)32)23(30)34)26(35)38-11-15-4-6-16(7-5-15)31(36)37;/h4-7,10,12-14,20-21,32H,8-9,11H2,1-3H3,(H-,27,33);1H/t13-,14+,20+,21+;/m0./s1. The second kappa shape index (κ2) is 12.1. The SMILES string of the molecule is CSc1c2sc(C3=C(C(=O)OCc4ccc([N+](=O)[O-])cc4)N4C(=O)[C@H]([C@@H](C)O)[C@H]4[C@H]3C)cn2c[n+]1CCC(N)=O.[I-]. The van der Waals surface area contributed by atoms with Crippen LogP contribution in [-0.2, 0) is 32.3 Å². The number of nitrogens with two attached hydrogens (primary N) is 1. The minimum atomic E-state index is -0.876. The van der Waals surface area contributed by atoms with Gasteiger partial charge >= 0.3 is 5.97 Å². The number of imidazole rings is 1. The van der Waals surface area contributed by atoms with Crippen LogP contribution in [0.3, 0.4) is 0 Å². The van der Waals surface area contributed by atoms with E-state index in [1.807, 2.05) is 34.7 Å². The van der Waals surface area contributed by atoms with Gasteiger partial charge in [0.05, 0.1) is 40.8 Å². The third-order valence-corrected chi connectivity index (χ3v) is 9.43. The minimum Gasteiger partial charge on any atom is -1.00 e. The number of β-lactam (4-membered cyclic amide) rings is 1. The van der Waals surface area contributed by atoms with Crippen molar-refractivity contribution in [1.29, 1.82) is 0 Å². The molecule has 2 aromatic heterocycles. The number of hydrogen-bond acceptors (Lipinski definition) is 9. The highest BCUT2D eigenvalue weighted by Crippen LogP contribution is 2.52. The molecule has 0 saturated carbocycles. The number of aliphatic hydroxyl groups is 1. The average molecular weight is 714 g/mol. The zero-order chi connectivity index (χ0) is 28.9. The monoisotopic (exact) mass is 713 g/mol. The van der Waals surface area contributed by atoms with Gasteiger partial charge in [-0.3, -0.25) is 19.7 Å². The summed E-state index contributed by atoms with van der Waals surface area (Å²) in [6, 6.07) is 5.31. The van der Waals surface area contributed by atoms with Crippen molar-refractivity contribution in [3.05, 3.63) is 63.0 Å². The number of nitro benzene ring substituents is 1. The van der Waals surface area contributed by atoms with E-state index < -0.39 is 28.8 Å². The van der Waals surface area contributed by atoms with Crippen molar-refractivity contribution in [2.24, 2.45) is 17.6 Å². The van der Waals surface area contributed by atoms with Crippen LogP contribution in [0.2, 0.25) is 0 Å². The third-order valence-electron chi connectivity index (χ3n) is 7.35. The number of amides is 2. The minimum absolute atomic E-state index is 0. The second-order valence-corrected chi connectivity index (χ2v) is 11.7. The van der Waals surface area contributed by atoms with Crippen molar-refractivity contribution >= 4 is 57.0 Å². The number of halogens is 1. The fourth-order valence-electron chi connectivity index (χ4n) is 5.47. The van der Waals surface area contributed by atoms with Gasteiger partial charge in [-0.15, -0.1) is 0 Å². The van der Waals surface area contributed by atoms with E-state index in [0.717, 1.165) is 14.7 Å². The fraction of sp³-hybridized carbons (Fsp3) is 0.385. The van der Waals surface area contributed by atoms with Gasteiger partial charge in [0.15, 0.2) is 0 Å². The molecule has 2 aliphatic rings. The summed E-state index contributed by atoms with van der Waals surface area (Å²) in [5.74, 6) is -2.28. The van der Waals surface area contributed by atoms with Crippen LogP contribution < -0.4 is 34.3 Å². The zero-order valence-corrected chi connectivity index (χ0v) is 26.1. The predicted octanol–water partition coefficient (Wildman–Crippen LogP) is -0.890. The Morgan fingerprint density at radius 2 is 2.00 bits per heavy atom. The Morgan fingerprint density at radius 1 is 1.32 bits per heavy atom. The molecule has 3 N–H and O–H groups in total. The number of aliphatic hydroxyl groups excluding tert-OH is 1. The van der Waals surface area contributed by atoms with E-state index in [1.54, 1.807) is 6.92 Å². The molecule has 12 nitrogen and oxygen atoms in total. The summed E-state index contributed by atoms with van der Waals surface area (Å²) in [5.41, 5.74) is 6.64. The first-order valence-electron chi connectivity index (χ1n) is 12.6. The van der Waals surface area contributed by atoms with Crippen molar-refractivity contribution in [1.82, 2.24) is 9.30 Å². The summed E-state index contributed by atoms with van der Waals surface area (Å²) in [6.45, 7) is 3.82. The van der Waals surface area contributed by atoms with Gasteiger partial charge in [-0.1, -0.05) is 30.0 Å². The molecule has 1 aromatic carbocycles. The Morgan fingerprint density at radius 3 is 2.59 bits per heavy atom. The van der Waals surface area contributed by atoms with Gasteiger partial charge in [-0.2, -0.15) is 4.40 Å². The van der Waals surface area contributed by atoms with Crippen LogP contribution in [0.15, 0.2) is 47.5 Å². The number of nitrogens with zero attached hydrogens (tertiary/aromatic N) is 4. The number of esters is 1. The Balaban J connectivity index is 0.00000387. The number of thioether (sulfide) groups is 1. The van der Waals surface area contributed by atoms with E-state index >= 15 is 0 Å². The molecule has 0 bridgehead atoms. The van der Waals surface area contributed by atoms with Gasteiger partial charge in [0.25, 0.3) is 12.0 Å². The molecule has 1 saturated heterocycles. The van der Waals surface area contributed by atoms with Gasteiger partial charge in [-0.05, 0) is 30.9 Å². The molecule has 4 heterocycles. The zero-order valence-electron chi connectivity index (χ0n) is 22.4. The number of ether oxygens (including phenoxy) is 1. The van der Waals surface area contributed by atoms with Crippen LogP contribution in [0, 0.1) is 22.0 Å². The fourth-order valence-corrected chi connectivity index (χ4v) is 7.67. The maximum absolute atomic E-state index is 13.5. The first kappa shape index (κ1) is 30.9. The number of hydrogen-bond donors (Lipinski definition) is 2. The number of aryl methyl sites for hydroxylation is 1. The van der Waals surface area contributed by atoms with Gasteiger partial charge in [-0.25, -0.2) is 9.36 Å². The van der Waals surface area contributed by atoms with Gasteiger partial charge in [0.2, 0.25) is 21.7 Å². The van der Waals surface area contributed by atoms with Gasteiger partial charge in [0, 0.05) is 23.6 Å². The number of carbonyl (C=O) groups is 3. The number of non-ortho nitro benzene ring substituents is 1. The summed E-state index contributed by atoms with van der Waals surface area (Å²) in [4.78, 5) is 51.5. The van der Waals surface area contributed by atoms with E-state index in [2.05, 4.69) is 0 Å². The maximum atomic E-state index is 13.5. The number of primary amides is 1. The van der Waals surface area contributed by atoms with Crippen LogP contribution in [0.5, 0.6) is 0 Å². The molecule has 0 spiro atoms. The smallest absolute Gasteiger partial charge is 0.355 e. The van der Waals surface area contributed by atoms with Crippen molar-refractivity contribution in [2.45, 2.75) is 50.6 Å². The lowest BCUT2D eigenvalue weighted by molar-refractivity contribution is -0.728. The van der Waals surface area contributed by atoms with E-state index in [4.69, 9.17) is 10.5 Å². The summed E-state index contributed by atoms with van der Waals surface area (Å²) < 4.78 is 9.49. The second-order valence-electron chi connectivity index (χ2n) is 9.86. The number of benzene rings is 1. The number of thiazole rings is 1. The lowest BCUT2D eigenvalue weighted by Crippen LogP contribution is -3.00. The van der Waals surface area contributed by atoms with Crippen LogP contribution in [0.25, 0.3) is 10.4 Å². The molecular formula is C26H28IN5O7S2. The molecular weight excluding hydrogens is 685 g/mol. The summed E-state index contributed by atoms with van der Waals surface area (Å²) in [5, 5.41) is 22.2. The topological polar surface area (TPSA) is 161 Å². The molecule has 3 aromatic rings. The number of aromatic nitrogens is 2. The van der Waals surface area contributed by atoms with E-state index in [1.165, 1.54) is 52.3 Å².